The summed E-state index contributed by atoms with van der Waals surface area (Å²) in [5, 5.41) is 12.3. The van der Waals surface area contributed by atoms with Crippen molar-refractivity contribution in [1.29, 1.82) is 5.26 Å². The minimum Gasteiger partial charge on any atom is -0.457 e. The lowest BCUT2D eigenvalue weighted by atomic mass is 10.1. The Morgan fingerprint density at radius 3 is 2.63 bits per heavy atom. The molecule has 0 bridgehead atoms. The molecule has 0 aliphatic carbocycles. The molecule has 0 spiro atoms. The van der Waals surface area contributed by atoms with Gasteiger partial charge in [0.25, 0.3) is 5.91 Å². The molecule has 96 valence electrons. The summed E-state index contributed by atoms with van der Waals surface area (Å²) in [5.74, 6) is 0.0791. The van der Waals surface area contributed by atoms with Crippen molar-refractivity contribution >= 4 is 23.0 Å². The van der Waals surface area contributed by atoms with Crippen molar-refractivity contribution in [3.05, 3.63) is 40.7 Å². The van der Waals surface area contributed by atoms with Gasteiger partial charge < -0.3 is 9.73 Å². The maximum absolute atomic E-state index is 11.4. The second kappa shape index (κ2) is 4.99. The van der Waals surface area contributed by atoms with Crippen LogP contribution in [0.4, 0.5) is 0 Å². The van der Waals surface area contributed by atoms with E-state index in [1.807, 2.05) is 38.1 Å². The van der Waals surface area contributed by atoms with E-state index in [2.05, 4.69) is 5.32 Å². The summed E-state index contributed by atoms with van der Waals surface area (Å²) in [6.07, 6.45) is 1.45. The zero-order valence-corrected chi connectivity index (χ0v) is 11.1. The van der Waals surface area contributed by atoms with E-state index < -0.39 is 5.91 Å². The van der Waals surface area contributed by atoms with Crippen LogP contribution in [0.5, 0.6) is 0 Å². The molecule has 0 radical (unpaired) electrons. The molecule has 0 aliphatic rings. The predicted molar refractivity (Wildman–Crippen MR) is 73.3 cm³/mol. The molecular formula is C15H14N2O2. The molecule has 0 aliphatic heterocycles. The lowest BCUT2D eigenvalue weighted by molar-refractivity contribution is -0.116. The van der Waals surface area contributed by atoms with Crippen LogP contribution in [0, 0.1) is 25.2 Å². The van der Waals surface area contributed by atoms with Gasteiger partial charge in [-0.05, 0) is 43.2 Å². The Morgan fingerprint density at radius 2 is 2.00 bits per heavy atom. The lowest BCUT2D eigenvalue weighted by Gasteiger charge is -1.97. The number of rotatable bonds is 2. The molecule has 0 saturated carbocycles. The fourth-order valence-electron chi connectivity index (χ4n) is 1.82. The zero-order valence-electron chi connectivity index (χ0n) is 11.1. The average Bonchev–Trinajstić information content (AvgIpc) is 2.77. The number of nitrogens with zero attached hydrogens (tertiary/aromatic N) is 1. The minimum absolute atomic E-state index is 0.0231. The van der Waals surface area contributed by atoms with Crippen molar-refractivity contribution in [2.75, 3.05) is 7.05 Å². The Labute approximate surface area is 111 Å². The normalized spacial score (nSPS) is 11.4. The van der Waals surface area contributed by atoms with Crippen LogP contribution in [0.25, 0.3) is 17.0 Å². The van der Waals surface area contributed by atoms with Crippen molar-refractivity contribution in [2.45, 2.75) is 13.8 Å². The van der Waals surface area contributed by atoms with E-state index in [1.54, 1.807) is 0 Å². The van der Waals surface area contributed by atoms with Gasteiger partial charge in [-0.3, -0.25) is 4.79 Å². The van der Waals surface area contributed by atoms with Gasteiger partial charge in [0.1, 0.15) is 23.0 Å². The first kappa shape index (κ1) is 12.9. The number of hydrogen-bond acceptors (Lipinski definition) is 3. The van der Waals surface area contributed by atoms with Crippen LogP contribution in [0.15, 0.2) is 28.2 Å². The van der Waals surface area contributed by atoms with Gasteiger partial charge in [-0.25, -0.2) is 0 Å². The highest BCUT2D eigenvalue weighted by Crippen LogP contribution is 2.24. The fourth-order valence-corrected chi connectivity index (χ4v) is 1.82. The smallest absolute Gasteiger partial charge is 0.261 e. The standard InChI is InChI=1S/C15H14N2O2/c1-9-4-11-6-13(19-14(11)5-10(9)2)7-12(8-16)15(18)17-3/h4-7H,1-3H3,(H,17,18)/b12-7-. The highest BCUT2D eigenvalue weighted by atomic mass is 16.3. The first-order chi connectivity index (χ1) is 9.05. The number of hydrogen-bond donors (Lipinski definition) is 1. The molecule has 0 atom stereocenters. The first-order valence-corrected chi connectivity index (χ1v) is 5.90. The first-order valence-electron chi connectivity index (χ1n) is 5.90. The zero-order chi connectivity index (χ0) is 14.0. The molecule has 0 fully saturated rings. The molecule has 4 heteroatoms. The van der Waals surface area contributed by atoms with E-state index >= 15 is 0 Å². The molecule has 1 amide bonds. The monoisotopic (exact) mass is 254 g/mol. The van der Waals surface area contributed by atoms with Gasteiger partial charge in [0.2, 0.25) is 0 Å². The van der Waals surface area contributed by atoms with E-state index in [9.17, 15) is 4.79 Å². The average molecular weight is 254 g/mol. The Bertz CT molecular complexity index is 679. The molecule has 2 aromatic rings. The van der Waals surface area contributed by atoms with E-state index in [0.717, 1.165) is 16.5 Å². The van der Waals surface area contributed by atoms with Crippen LogP contribution in [0.1, 0.15) is 16.9 Å². The maximum atomic E-state index is 11.4. The molecule has 0 unspecified atom stereocenters. The summed E-state index contributed by atoms with van der Waals surface area (Å²) in [6, 6.07) is 7.66. The van der Waals surface area contributed by atoms with Crippen LogP contribution < -0.4 is 5.32 Å². The van der Waals surface area contributed by atoms with Gasteiger partial charge in [-0.2, -0.15) is 5.26 Å². The maximum Gasteiger partial charge on any atom is 0.261 e. The summed E-state index contributed by atoms with van der Waals surface area (Å²) in [5.41, 5.74) is 3.10. The Balaban J connectivity index is 2.50. The van der Waals surface area contributed by atoms with Crippen molar-refractivity contribution in [2.24, 2.45) is 0 Å². The highest BCUT2D eigenvalue weighted by Gasteiger charge is 2.09. The second-order valence-corrected chi connectivity index (χ2v) is 4.37. The van der Waals surface area contributed by atoms with Crippen LogP contribution in [-0.2, 0) is 4.79 Å². The van der Waals surface area contributed by atoms with Crippen LogP contribution in [-0.4, -0.2) is 13.0 Å². The number of likely N-dealkylation sites (N-methyl/N-ethyl adjacent to an activating group) is 1. The number of carbonyl (C=O) groups excluding carboxylic acids is 1. The summed E-state index contributed by atoms with van der Waals surface area (Å²) < 4.78 is 5.62. The Morgan fingerprint density at radius 1 is 1.32 bits per heavy atom. The largest absolute Gasteiger partial charge is 0.457 e. The van der Waals surface area contributed by atoms with Gasteiger partial charge in [0.05, 0.1) is 0 Å². The summed E-state index contributed by atoms with van der Waals surface area (Å²) in [4.78, 5) is 11.4. The number of furan rings is 1. The Kier molecular flexibility index (Phi) is 3.39. The van der Waals surface area contributed by atoms with Gasteiger partial charge in [0, 0.05) is 18.5 Å². The summed E-state index contributed by atoms with van der Waals surface area (Å²) >= 11 is 0. The van der Waals surface area contributed by atoms with E-state index in [1.165, 1.54) is 18.7 Å². The van der Waals surface area contributed by atoms with Crippen molar-refractivity contribution in [1.82, 2.24) is 5.32 Å². The van der Waals surface area contributed by atoms with Crippen LogP contribution >= 0.6 is 0 Å². The number of benzene rings is 1. The van der Waals surface area contributed by atoms with E-state index in [0.29, 0.717) is 5.76 Å². The third-order valence-electron chi connectivity index (χ3n) is 3.03. The second-order valence-electron chi connectivity index (χ2n) is 4.37. The van der Waals surface area contributed by atoms with Crippen molar-refractivity contribution in [3.63, 3.8) is 0 Å². The van der Waals surface area contributed by atoms with Crippen LogP contribution in [0.2, 0.25) is 0 Å². The third-order valence-corrected chi connectivity index (χ3v) is 3.03. The highest BCUT2D eigenvalue weighted by molar-refractivity contribution is 6.01. The van der Waals surface area contributed by atoms with Gasteiger partial charge in [0.15, 0.2) is 0 Å². The summed E-state index contributed by atoms with van der Waals surface area (Å²) in [7, 11) is 1.48. The molecule has 1 aromatic heterocycles. The third kappa shape index (κ3) is 2.50. The van der Waals surface area contributed by atoms with E-state index in [-0.39, 0.29) is 5.57 Å². The minimum atomic E-state index is -0.421. The van der Waals surface area contributed by atoms with Gasteiger partial charge in [-0.15, -0.1) is 0 Å². The number of carbonyl (C=O) groups is 1. The quantitative estimate of drug-likeness (QED) is 0.662. The van der Waals surface area contributed by atoms with E-state index in [4.69, 9.17) is 9.68 Å². The molecule has 19 heavy (non-hydrogen) atoms. The van der Waals surface area contributed by atoms with Crippen molar-refractivity contribution in [3.8, 4) is 6.07 Å². The number of nitrogens with one attached hydrogen (secondary N) is 1. The summed E-state index contributed by atoms with van der Waals surface area (Å²) in [6.45, 7) is 4.04. The number of aryl methyl sites for hydroxylation is 2. The molecule has 0 saturated heterocycles. The lowest BCUT2D eigenvalue weighted by Crippen LogP contribution is -2.18. The fraction of sp³-hybridized carbons (Fsp3) is 0.200. The molecule has 1 N–H and O–H groups in total. The topological polar surface area (TPSA) is 66.0 Å². The number of amides is 1. The number of fused-ring (bicyclic) bond motifs is 1. The van der Waals surface area contributed by atoms with Crippen LogP contribution in [0.3, 0.4) is 0 Å². The van der Waals surface area contributed by atoms with Gasteiger partial charge in [-0.1, -0.05) is 0 Å². The SMILES string of the molecule is CNC(=O)/C(C#N)=C\c1cc2cc(C)c(C)cc2o1. The molecular weight excluding hydrogens is 240 g/mol. The molecule has 1 aromatic carbocycles. The predicted octanol–water partition coefficient (Wildman–Crippen LogP) is 2.70. The number of nitriles is 1. The molecule has 4 nitrogen and oxygen atoms in total. The van der Waals surface area contributed by atoms with Gasteiger partial charge >= 0.3 is 0 Å². The van der Waals surface area contributed by atoms with Crippen molar-refractivity contribution < 1.29 is 9.21 Å². The Hall–Kier alpha value is -2.54. The molecule has 1 heterocycles. The molecule has 2 rings (SSSR count).